The lowest BCUT2D eigenvalue weighted by Gasteiger charge is -2.41. The molecular weight excluding hydrogens is 333 g/mol. The second-order valence-corrected chi connectivity index (χ2v) is 6.48. The van der Waals surface area contributed by atoms with E-state index in [1.165, 1.54) is 0 Å². The van der Waals surface area contributed by atoms with E-state index in [0.717, 1.165) is 30.6 Å². The molecule has 2 aromatic carbocycles. The van der Waals surface area contributed by atoms with Gasteiger partial charge in [0.25, 0.3) is 0 Å². The SMILES string of the molecule is COc1ccccc1C1(C(=O)Nc2cccc(Cl)c2Cl)CCC1. The van der Waals surface area contributed by atoms with Crippen LogP contribution in [0.3, 0.4) is 0 Å². The zero-order valence-electron chi connectivity index (χ0n) is 12.7. The van der Waals surface area contributed by atoms with Gasteiger partial charge in [0.05, 0.1) is 28.3 Å². The first-order valence-electron chi connectivity index (χ1n) is 7.47. The summed E-state index contributed by atoms with van der Waals surface area (Å²) in [7, 11) is 1.62. The summed E-state index contributed by atoms with van der Waals surface area (Å²) in [6.45, 7) is 0. The lowest BCUT2D eigenvalue weighted by Crippen LogP contribution is -2.46. The van der Waals surface area contributed by atoms with Crippen molar-refractivity contribution in [2.45, 2.75) is 24.7 Å². The summed E-state index contributed by atoms with van der Waals surface area (Å²) < 4.78 is 5.44. The highest BCUT2D eigenvalue weighted by atomic mass is 35.5. The van der Waals surface area contributed by atoms with Crippen LogP contribution in [0.1, 0.15) is 24.8 Å². The number of amides is 1. The Morgan fingerprint density at radius 3 is 2.52 bits per heavy atom. The van der Waals surface area contributed by atoms with Crippen molar-refractivity contribution >= 4 is 34.8 Å². The molecule has 3 rings (SSSR count). The summed E-state index contributed by atoms with van der Waals surface area (Å²) in [6, 6.07) is 12.9. The number of nitrogens with one attached hydrogen (secondary N) is 1. The van der Waals surface area contributed by atoms with Gasteiger partial charge in [-0.05, 0) is 31.0 Å². The number of anilines is 1. The Balaban J connectivity index is 1.94. The van der Waals surface area contributed by atoms with E-state index in [1.54, 1.807) is 25.3 Å². The largest absolute Gasteiger partial charge is 0.496 e. The molecular formula is C18H17Cl2NO2. The van der Waals surface area contributed by atoms with Crippen LogP contribution in [0.25, 0.3) is 0 Å². The third-order valence-electron chi connectivity index (χ3n) is 4.46. The van der Waals surface area contributed by atoms with Crippen LogP contribution in [0.2, 0.25) is 10.0 Å². The maximum absolute atomic E-state index is 13.0. The molecule has 1 aliphatic rings. The van der Waals surface area contributed by atoms with Crippen LogP contribution in [0.4, 0.5) is 5.69 Å². The van der Waals surface area contributed by atoms with E-state index >= 15 is 0 Å². The van der Waals surface area contributed by atoms with Crippen molar-refractivity contribution in [3.8, 4) is 5.75 Å². The van der Waals surface area contributed by atoms with Gasteiger partial charge in [-0.2, -0.15) is 0 Å². The molecule has 1 N–H and O–H groups in total. The van der Waals surface area contributed by atoms with Crippen LogP contribution in [0, 0.1) is 0 Å². The second kappa shape index (κ2) is 6.42. The summed E-state index contributed by atoms with van der Waals surface area (Å²) in [6.07, 6.45) is 2.59. The molecule has 1 fully saturated rings. The minimum absolute atomic E-state index is 0.0718. The van der Waals surface area contributed by atoms with Crippen LogP contribution in [-0.4, -0.2) is 13.0 Å². The Labute approximate surface area is 145 Å². The van der Waals surface area contributed by atoms with Gasteiger partial charge in [0.15, 0.2) is 0 Å². The minimum atomic E-state index is -0.571. The van der Waals surface area contributed by atoms with Gasteiger partial charge >= 0.3 is 0 Å². The predicted octanol–water partition coefficient (Wildman–Crippen LogP) is 5.06. The van der Waals surface area contributed by atoms with Gasteiger partial charge in [-0.15, -0.1) is 0 Å². The number of halogens is 2. The molecule has 0 spiro atoms. The van der Waals surface area contributed by atoms with E-state index in [0.29, 0.717) is 15.7 Å². The molecule has 0 aromatic heterocycles. The van der Waals surface area contributed by atoms with Crippen LogP contribution >= 0.6 is 23.2 Å². The van der Waals surface area contributed by atoms with E-state index in [1.807, 2.05) is 24.3 Å². The van der Waals surface area contributed by atoms with Crippen LogP contribution in [0.15, 0.2) is 42.5 Å². The van der Waals surface area contributed by atoms with E-state index < -0.39 is 5.41 Å². The molecule has 0 atom stereocenters. The monoisotopic (exact) mass is 349 g/mol. The van der Waals surface area contributed by atoms with E-state index in [-0.39, 0.29) is 5.91 Å². The number of rotatable bonds is 4. The zero-order chi connectivity index (χ0) is 16.4. The molecule has 1 saturated carbocycles. The molecule has 3 nitrogen and oxygen atoms in total. The number of benzene rings is 2. The van der Waals surface area contributed by atoms with Gasteiger partial charge < -0.3 is 10.1 Å². The van der Waals surface area contributed by atoms with Crippen molar-refractivity contribution in [1.82, 2.24) is 0 Å². The Morgan fingerprint density at radius 1 is 1.13 bits per heavy atom. The summed E-state index contributed by atoms with van der Waals surface area (Å²) in [5, 5.41) is 3.71. The first kappa shape index (κ1) is 16.2. The third-order valence-corrected chi connectivity index (χ3v) is 5.28. The fourth-order valence-corrected chi connectivity index (χ4v) is 3.38. The molecule has 0 radical (unpaired) electrons. The average molecular weight is 350 g/mol. The first-order valence-corrected chi connectivity index (χ1v) is 8.23. The molecule has 0 heterocycles. The molecule has 2 aromatic rings. The van der Waals surface area contributed by atoms with Crippen molar-refractivity contribution in [3.63, 3.8) is 0 Å². The summed E-state index contributed by atoms with van der Waals surface area (Å²) in [4.78, 5) is 13.0. The Morgan fingerprint density at radius 2 is 1.87 bits per heavy atom. The maximum Gasteiger partial charge on any atom is 0.235 e. The van der Waals surface area contributed by atoms with Gasteiger partial charge in [-0.1, -0.05) is 53.9 Å². The van der Waals surface area contributed by atoms with Gasteiger partial charge in [0.2, 0.25) is 5.91 Å². The zero-order valence-corrected chi connectivity index (χ0v) is 14.2. The highest BCUT2D eigenvalue weighted by Gasteiger charge is 2.47. The van der Waals surface area contributed by atoms with Crippen LogP contribution in [-0.2, 0) is 10.2 Å². The second-order valence-electron chi connectivity index (χ2n) is 5.69. The van der Waals surface area contributed by atoms with E-state index in [9.17, 15) is 4.79 Å². The van der Waals surface area contributed by atoms with Gasteiger partial charge in [0, 0.05) is 5.56 Å². The number of para-hydroxylation sites is 1. The van der Waals surface area contributed by atoms with E-state index in [2.05, 4.69) is 5.32 Å². The number of methoxy groups -OCH3 is 1. The van der Waals surface area contributed by atoms with Gasteiger partial charge in [-0.25, -0.2) is 0 Å². The molecule has 0 aliphatic heterocycles. The molecule has 1 aliphatic carbocycles. The lowest BCUT2D eigenvalue weighted by atomic mass is 9.63. The summed E-state index contributed by atoms with van der Waals surface area (Å²) in [5.74, 6) is 0.664. The third kappa shape index (κ3) is 2.79. The van der Waals surface area contributed by atoms with Crippen molar-refractivity contribution in [2.24, 2.45) is 0 Å². The number of carbonyl (C=O) groups is 1. The molecule has 5 heteroatoms. The van der Waals surface area contributed by atoms with Gasteiger partial charge in [0.1, 0.15) is 5.75 Å². The molecule has 0 bridgehead atoms. The predicted molar refractivity (Wildman–Crippen MR) is 93.6 cm³/mol. The van der Waals surface area contributed by atoms with Crippen molar-refractivity contribution in [2.75, 3.05) is 12.4 Å². The van der Waals surface area contributed by atoms with Crippen molar-refractivity contribution in [3.05, 3.63) is 58.1 Å². The quantitative estimate of drug-likeness (QED) is 0.837. The van der Waals surface area contributed by atoms with Crippen molar-refractivity contribution in [1.29, 1.82) is 0 Å². The smallest absolute Gasteiger partial charge is 0.235 e. The van der Waals surface area contributed by atoms with Crippen molar-refractivity contribution < 1.29 is 9.53 Å². The highest BCUT2D eigenvalue weighted by Crippen LogP contribution is 2.48. The molecule has 0 unspecified atom stereocenters. The topological polar surface area (TPSA) is 38.3 Å². The summed E-state index contributed by atoms with van der Waals surface area (Å²) >= 11 is 12.2. The number of carbonyl (C=O) groups excluding carboxylic acids is 1. The first-order chi connectivity index (χ1) is 11.1. The lowest BCUT2D eigenvalue weighted by molar-refractivity contribution is -0.124. The van der Waals surface area contributed by atoms with Gasteiger partial charge in [-0.3, -0.25) is 4.79 Å². The minimum Gasteiger partial charge on any atom is -0.496 e. The van der Waals surface area contributed by atoms with Crippen LogP contribution in [0.5, 0.6) is 5.75 Å². The Bertz CT molecular complexity index is 742. The summed E-state index contributed by atoms with van der Waals surface area (Å²) in [5.41, 5.74) is 0.882. The molecule has 23 heavy (non-hydrogen) atoms. The van der Waals surface area contributed by atoms with E-state index in [4.69, 9.17) is 27.9 Å². The number of hydrogen-bond acceptors (Lipinski definition) is 2. The Kier molecular flexibility index (Phi) is 4.51. The molecule has 0 saturated heterocycles. The number of ether oxygens (including phenoxy) is 1. The normalized spacial score (nSPS) is 15.6. The number of hydrogen-bond donors (Lipinski definition) is 1. The Hall–Kier alpha value is -1.71. The fourth-order valence-electron chi connectivity index (χ4n) is 3.03. The standard InChI is InChI=1S/C18H17Cl2NO2/c1-23-15-9-3-2-6-12(15)18(10-5-11-18)17(22)21-14-8-4-7-13(19)16(14)20/h2-4,6-9H,5,10-11H2,1H3,(H,21,22). The van der Waals surface area contributed by atoms with Crippen LogP contribution < -0.4 is 10.1 Å². The fraction of sp³-hybridized carbons (Fsp3) is 0.278. The average Bonchev–Trinajstić information content (AvgIpc) is 2.51. The highest BCUT2D eigenvalue weighted by molar-refractivity contribution is 6.44. The molecule has 120 valence electrons. The molecule has 1 amide bonds. The maximum atomic E-state index is 13.0.